The number of fused-ring (bicyclic) bond motifs is 1. The molecule has 0 saturated carbocycles. The van der Waals surface area contributed by atoms with Crippen molar-refractivity contribution in [2.24, 2.45) is 5.92 Å². The highest BCUT2D eigenvalue weighted by molar-refractivity contribution is 7.89. The number of carbonyl (C=O) groups excluding carboxylic acids is 1. The van der Waals surface area contributed by atoms with Crippen LogP contribution >= 0.6 is 0 Å². The fourth-order valence-corrected chi connectivity index (χ4v) is 4.31. The van der Waals surface area contributed by atoms with Crippen LogP contribution in [0.25, 0.3) is 0 Å². The van der Waals surface area contributed by atoms with E-state index in [4.69, 9.17) is 4.52 Å². The van der Waals surface area contributed by atoms with E-state index in [1.807, 2.05) is 0 Å². The molecule has 0 bridgehead atoms. The number of carbonyl (C=O) groups is 1. The summed E-state index contributed by atoms with van der Waals surface area (Å²) < 4.78 is 33.0. The summed E-state index contributed by atoms with van der Waals surface area (Å²) >= 11 is 0. The van der Waals surface area contributed by atoms with E-state index in [0.717, 1.165) is 36.2 Å². The van der Waals surface area contributed by atoms with Crippen LogP contribution in [-0.2, 0) is 34.2 Å². The van der Waals surface area contributed by atoms with Gasteiger partial charge in [-0.1, -0.05) is 19.0 Å². The van der Waals surface area contributed by atoms with Crippen molar-refractivity contribution >= 4 is 21.6 Å². The Morgan fingerprint density at radius 1 is 1.33 bits per heavy atom. The number of anilines is 1. The van der Waals surface area contributed by atoms with Gasteiger partial charge in [-0.15, -0.1) is 0 Å². The second-order valence-corrected chi connectivity index (χ2v) is 9.04. The van der Waals surface area contributed by atoms with Crippen molar-refractivity contribution in [1.82, 2.24) is 9.88 Å². The molecule has 7 nitrogen and oxygen atoms in total. The molecule has 0 aliphatic carbocycles. The number of nitrogens with one attached hydrogen (secondary N) is 1. The quantitative estimate of drug-likeness (QED) is 0.817. The first kappa shape index (κ1) is 19.6. The number of aromatic nitrogens is 1. The molecule has 0 atom stereocenters. The lowest BCUT2D eigenvalue weighted by Crippen LogP contribution is -2.33. The molecular weight excluding hydrogens is 366 g/mol. The molecule has 2 aromatic rings. The van der Waals surface area contributed by atoms with Crippen LogP contribution in [0.1, 0.15) is 44.2 Å². The van der Waals surface area contributed by atoms with Gasteiger partial charge in [0.1, 0.15) is 0 Å². The number of nitrogens with zero attached hydrogens (tertiary/aromatic N) is 2. The van der Waals surface area contributed by atoms with E-state index in [2.05, 4.69) is 23.7 Å². The van der Waals surface area contributed by atoms with Crippen LogP contribution in [0.2, 0.25) is 0 Å². The smallest absolute Gasteiger partial charge is 0.240 e. The fourth-order valence-electron chi connectivity index (χ4n) is 3.27. The average molecular weight is 391 g/mol. The molecule has 146 valence electrons. The lowest BCUT2D eigenvalue weighted by Gasteiger charge is -2.28. The van der Waals surface area contributed by atoms with Gasteiger partial charge < -0.3 is 9.42 Å². The minimum absolute atomic E-state index is 0.0350. The molecule has 1 aliphatic heterocycles. The summed E-state index contributed by atoms with van der Waals surface area (Å²) in [5, 5.41) is 3.96. The zero-order valence-corrected chi connectivity index (χ0v) is 16.7. The van der Waals surface area contributed by atoms with Crippen molar-refractivity contribution < 1.29 is 17.7 Å². The Morgan fingerprint density at radius 2 is 2.11 bits per heavy atom. The standard InChI is InChI=1S/C19H25N3O4S/c1-13(2)9-16-11-17(26-21-16)12-20-27(24,25)18-6-7-19-15(10-18)5-4-8-22(19)14(3)23/h6-7,10-11,13,20H,4-5,8-9,12H2,1-3H3. The number of sulfonamides is 1. The zero-order valence-electron chi connectivity index (χ0n) is 15.9. The Bertz CT molecular complexity index is 934. The Kier molecular flexibility index (Phi) is 5.67. The van der Waals surface area contributed by atoms with E-state index in [1.165, 1.54) is 13.0 Å². The average Bonchev–Trinajstić information content (AvgIpc) is 3.05. The summed E-state index contributed by atoms with van der Waals surface area (Å²) in [6, 6.07) is 6.67. The van der Waals surface area contributed by atoms with Crippen LogP contribution in [0.4, 0.5) is 5.69 Å². The SMILES string of the molecule is CC(=O)N1CCCc2cc(S(=O)(=O)NCc3cc(CC(C)C)no3)ccc21. The summed E-state index contributed by atoms with van der Waals surface area (Å²) in [5.74, 6) is 0.895. The number of hydrogen-bond donors (Lipinski definition) is 1. The minimum Gasteiger partial charge on any atom is -0.360 e. The topological polar surface area (TPSA) is 92.5 Å². The molecule has 1 amide bonds. The van der Waals surface area contributed by atoms with Gasteiger partial charge >= 0.3 is 0 Å². The van der Waals surface area contributed by atoms with Gasteiger partial charge in [0, 0.05) is 25.2 Å². The zero-order chi connectivity index (χ0) is 19.6. The number of hydrogen-bond acceptors (Lipinski definition) is 5. The van der Waals surface area contributed by atoms with Crippen molar-refractivity contribution in [3.8, 4) is 0 Å². The first-order valence-electron chi connectivity index (χ1n) is 9.11. The highest BCUT2D eigenvalue weighted by atomic mass is 32.2. The summed E-state index contributed by atoms with van der Waals surface area (Å²) in [6.07, 6.45) is 2.36. The highest BCUT2D eigenvalue weighted by Gasteiger charge is 2.23. The Labute approximate surface area is 159 Å². The largest absolute Gasteiger partial charge is 0.360 e. The van der Waals surface area contributed by atoms with Crippen molar-refractivity contribution in [3.05, 3.63) is 41.3 Å². The lowest BCUT2D eigenvalue weighted by molar-refractivity contribution is -0.116. The van der Waals surface area contributed by atoms with Gasteiger partial charge in [0.15, 0.2) is 5.76 Å². The number of rotatable bonds is 6. The van der Waals surface area contributed by atoms with E-state index in [-0.39, 0.29) is 17.3 Å². The number of amides is 1. The Morgan fingerprint density at radius 3 is 2.81 bits per heavy atom. The van der Waals surface area contributed by atoms with Crippen molar-refractivity contribution in [1.29, 1.82) is 0 Å². The van der Waals surface area contributed by atoms with Crippen LogP contribution in [0.3, 0.4) is 0 Å². The summed E-state index contributed by atoms with van der Waals surface area (Å²) in [6.45, 7) is 6.40. The van der Waals surface area contributed by atoms with Crippen LogP contribution in [0.5, 0.6) is 0 Å². The molecule has 0 unspecified atom stereocenters. The van der Waals surface area contributed by atoms with Gasteiger partial charge in [0.05, 0.1) is 17.1 Å². The molecule has 0 radical (unpaired) electrons. The summed E-state index contributed by atoms with van der Waals surface area (Å²) in [7, 11) is -3.68. The molecule has 1 N–H and O–H groups in total. The third-order valence-electron chi connectivity index (χ3n) is 4.52. The molecule has 0 spiro atoms. The van der Waals surface area contributed by atoms with E-state index < -0.39 is 10.0 Å². The van der Waals surface area contributed by atoms with Crippen LogP contribution in [0.15, 0.2) is 33.7 Å². The number of benzene rings is 1. The Hall–Kier alpha value is -2.19. The predicted octanol–water partition coefficient (Wildman–Crippen LogP) is 2.65. The number of aryl methyl sites for hydroxylation is 1. The molecule has 1 aromatic heterocycles. The normalized spacial score (nSPS) is 14.4. The fraction of sp³-hybridized carbons (Fsp3) is 0.474. The van der Waals surface area contributed by atoms with Crippen molar-refractivity contribution in [2.45, 2.75) is 51.5 Å². The highest BCUT2D eigenvalue weighted by Crippen LogP contribution is 2.29. The predicted molar refractivity (Wildman–Crippen MR) is 102 cm³/mol. The molecule has 1 aliphatic rings. The van der Waals surface area contributed by atoms with Gasteiger partial charge in [0.2, 0.25) is 15.9 Å². The molecule has 0 fully saturated rings. The molecule has 27 heavy (non-hydrogen) atoms. The van der Waals surface area contributed by atoms with Gasteiger partial charge in [0.25, 0.3) is 0 Å². The first-order chi connectivity index (χ1) is 12.8. The second kappa shape index (κ2) is 7.82. The molecule has 0 saturated heterocycles. The molecular formula is C19H25N3O4S. The third kappa shape index (κ3) is 4.56. The van der Waals surface area contributed by atoms with E-state index in [9.17, 15) is 13.2 Å². The molecule has 1 aromatic carbocycles. The summed E-state index contributed by atoms with van der Waals surface area (Å²) in [5.41, 5.74) is 2.48. The Balaban J connectivity index is 1.73. The van der Waals surface area contributed by atoms with Gasteiger partial charge in [-0.3, -0.25) is 4.79 Å². The maximum absolute atomic E-state index is 12.6. The van der Waals surface area contributed by atoms with Crippen molar-refractivity contribution in [3.63, 3.8) is 0 Å². The van der Waals surface area contributed by atoms with Crippen LogP contribution < -0.4 is 9.62 Å². The second-order valence-electron chi connectivity index (χ2n) is 7.27. The van der Waals surface area contributed by atoms with Gasteiger partial charge in [-0.05, 0) is 48.9 Å². The third-order valence-corrected chi connectivity index (χ3v) is 5.92. The van der Waals surface area contributed by atoms with Gasteiger partial charge in [-0.25, -0.2) is 13.1 Å². The van der Waals surface area contributed by atoms with Crippen LogP contribution in [0, 0.1) is 5.92 Å². The van der Waals surface area contributed by atoms with Crippen LogP contribution in [-0.4, -0.2) is 26.0 Å². The molecule has 2 heterocycles. The van der Waals surface area contributed by atoms with E-state index in [0.29, 0.717) is 18.2 Å². The van der Waals surface area contributed by atoms with Gasteiger partial charge in [-0.2, -0.15) is 0 Å². The molecule has 8 heteroatoms. The van der Waals surface area contributed by atoms with E-state index in [1.54, 1.807) is 23.1 Å². The lowest BCUT2D eigenvalue weighted by atomic mass is 10.0. The summed E-state index contributed by atoms with van der Waals surface area (Å²) in [4.78, 5) is 13.6. The maximum atomic E-state index is 12.6. The van der Waals surface area contributed by atoms with Crippen molar-refractivity contribution in [2.75, 3.05) is 11.4 Å². The minimum atomic E-state index is -3.68. The van der Waals surface area contributed by atoms with E-state index >= 15 is 0 Å². The monoisotopic (exact) mass is 391 g/mol. The maximum Gasteiger partial charge on any atom is 0.240 e. The first-order valence-corrected chi connectivity index (χ1v) is 10.6. The molecule has 3 rings (SSSR count).